The maximum atomic E-state index is 14.8. The largest absolute Gasteiger partial charge is 0.445 e. The third-order valence-corrected chi connectivity index (χ3v) is 20.2. The Hall–Kier alpha value is -10.3. The summed E-state index contributed by atoms with van der Waals surface area (Å²) < 4.78 is 87.8. The number of ether oxygens (including phenoxy) is 14. The molecule has 1 saturated carbocycles. The van der Waals surface area contributed by atoms with Gasteiger partial charge in [-0.3, -0.25) is 4.79 Å². The van der Waals surface area contributed by atoms with Crippen LogP contribution in [0.15, 0.2) is 212 Å². The van der Waals surface area contributed by atoms with E-state index in [1.54, 1.807) is 182 Å². The molecule has 0 spiro atoms. The zero-order valence-electron chi connectivity index (χ0n) is 63.8. The molecular formula is C84H99N7O26. The van der Waals surface area contributed by atoms with E-state index in [-0.39, 0.29) is 65.8 Å². The van der Waals surface area contributed by atoms with Gasteiger partial charge in [-0.1, -0.05) is 212 Å². The van der Waals surface area contributed by atoms with E-state index in [4.69, 9.17) is 66.3 Å². The van der Waals surface area contributed by atoms with Crippen LogP contribution < -0.4 is 37.2 Å². The Morgan fingerprint density at radius 1 is 0.419 bits per heavy atom. The van der Waals surface area contributed by atoms with Crippen molar-refractivity contribution in [2.24, 2.45) is 0 Å². The number of amides is 6. The van der Waals surface area contributed by atoms with Crippen molar-refractivity contribution >= 4 is 36.4 Å². The minimum atomic E-state index is -2.09. The summed E-state index contributed by atoms with van der Waals surface area (Å²) in [6.07, 6.45) is -34.0. The van der Waals surface area contributed by atoms with Crippen molar-refractivity contribution in [1.82, 2.24) is 37.2 Å². The van der Waals surface area contributed by atoms with E-state index in [0.29, 0.717) is 46.3 Å². The molecule has 7 aromatic rings. The molecule has 5 aliphatic rings. The van der Waals surface area contributed by atoms with Crippen molar-refractivity contribution in [1.29, 1.82) is 0 Å². The molecule has 5 fully saturated rings. The topological polar surface area (TPSA) is 437 Å². The molecule has 0 aromatic heterocycles. The highest BCUT2D eigenvalue weighted by Crippen LogP contribution is 2.40. The van der Waals surface area contributed by atoms with Crippen LogP contribution in [0.4, 0.5) is 24.0 Å². The highest BCUT2D eigenvalue weighted by Gasteiger charge is 2.58. The Labute approximate surface area is 674 Å². The van der Waals surface area contributed by atoms with Gasteiger partial charge in [0.2, 0.25) is 5.91 Å². The number of carbonyl (C=O) groups excluding carboxylic acids is 6. The smallest absolute Gasteiger partial charge is 0.407 e. The molecule has 0 radical (unpaired) electrons. The average Bonchev–Trinajstić information content (AvgIpc) is 1.65. The quantitative estimate of drug-likeness (QED) is 0.0193. The Kier molecular flexibility index (Phi) is 32.2. The molecular weight excluding hydrogens is 1520 g/mol. The Morgan fingerprint density at radius 2 is 0.863 bits per heavy atom. The van der Waals surface area contributed by atoms with Crippen molar-refractivity contribution in [3.63, 3.8) is 0 Å². The summed E-state index contributed by atoms with van der Waals surface area (Å²) in [5.41, 5.74) is 4.76. The van der Waals surface area contributed by atoms with Crippen LogP contribution in [0.5, 0.6) is 0 Å². The molecule has 4 saturated heterocycles. The molecule has 117 heavy (non-hydrogen) atoms. The second-order valence-electron chi connectivity index (χ2n) is 28.4. The monoisotopic (exact) mass is 1620 g/mol. The van der Waals surface area contributed by atoms with Gasteiger partial charge in [0.25, 0.3) is 0 Å². The van der Waals surface area contributed by atoms with Crippen LogP contribution in [-0.2, 0) is 111 Å². The Balaban J connectivity index is 0.890. The predicted octanol–water partition coefficient (Wildman–Crippen LogP) is 4.46. The first-order valence-corrected chi connectivity index (χ1v) is 38.7. The van der Waals surface area contributed by atoms with Crippen LogP contribution in [0.3, 0.4) is 0 Å². The first-order chi connectivity index (χ1) is 57.0. The van der Waals surface area contributed by atoms with Gasteiger partial charge in [0, 0.05) is 25.2 Å². The van der Waals surface area contributed by atoms with E-state index >= 15 is 0 Å². The summed E-state index contributed by atoms with van der Waals surface area (Å²) in [5, 5.41) is 92.1. The number of hydrogen-bond donors (Lipinski definition) is 13. The number of aliphatic hydroxyl groups excluding tert-OH is 6. The van der Waals surface area contributed by atoms with Gasteiger partial charge in [-0.25, -0.2) is 24.0 Å². The van der Waals surface area contributed by atoms with E-state index in [9.17, 15) is 59.4 Å². The molecule has 1 unspecified atom stereocenters. The normalized spacial score (nSPS) is 27.6. The molecule has 7 aromatic carbocycles. The van der Waals surface area contributed by atoms with Gasteiger partial charge in [-0.15, -0.1) is 0 Å². The summed E-state index contributed by atoms with van der Waals surface area (Å²) in [6, 6.07) is 55.9. The third-order valence-electron chi connectivity index (χ3n) is 20.2. The van der Waals surface area contributed by atoms with Crippen molar-refractivity contribution < 1.29 is 126 Å². The van der Waals surface area contributed by atoms with E-state index in [1.165, 1.54) is 0 Å². The zero-order chi connectivity index (χ0) is 81.8. The lowest BCUT2D eigenvalue weighted by Gasteiger charge is -2.51. The number of aliphatic hydroxyl groups is 6. The van der Waals surface area contributed by atoms with E-state index in [2.05, 4.69) is 37.2 Å². The van der Waals surface area contributed by atoms with Gasteiger partial charge in [-0.05, 0) is 59.2 Å². The predicted molar refractivity (Wildman–Crippen MR) is 412 cm³/mol. The van der Waals surface area contributed by atoms with Gasteiger partial charge in [-0.2, -0.15) is 0 Å². The fourth-order valence-corrected chi connectivity index (χ4v) is 14.1. The zero-order valence-corrected chi connectivity index (χ0v) is 63.8. The van der Waals surface area contributed by atoms with Crippen LogP contribution in [0, 0.1) is 0 Å². The molecule has 626 valence electrons. The lowest BCUT2D eigenvalue weighted by atomic mass is 9.82. The molecule has 33 heteroatoms. The highest BCUT2D eigenvalue weighted by molar-refractivity contribution is 5.81. The second-order valence-corrected chi connectivity index (χ2v) is 28.4. The second kappa shape index (κ2) is 43.8. The molecule has 6 amide bonds. The average molecular weight is 1620 g/mol. The molecule has 13 N–H and O–H groups in total. The molecule has 33 nitrogen and oxygen atoms in total. The van der Waals surface area contributed by atoms with Gasteiger partial charge < -0.3 is 134 Å². The molecule has 4 heterocycles. The Morgan fingerprint density at radius 3 is 1.39 bits per heavy atom. The number of nitrogens with one attached hydrogen (secondary N) is 7. The third kappa shape index (κ3) is 24.9. The number of alkyl carbamates (subject to hydrolysis) is 5. The maximum absolute atomic E-state index is 14.8. The van der Waals surface area contributed by atoms with Crippen LogP contribution >= 0.6 is 0 Å². The van der Waals surface area contributed by atoms with Gasteiger partial charge in [0.05, 0.1) is 31.9 Å². The van der Waals surface area contributed by atoms with Crippen molar-refractivity contribution in [3.8, 4) is 0 Å². The SMILES string of the molecule is O=C(NCC[C@H](O)C(=O)N[C@@H]1C[C@H](NC(=O)OCc2ccccc2)[C@@H](O[C@H]2O[C@@H]3COC(c4ccccc4)O[C@H]3[C@H](O)[C@H]2NC(=O)OCc2ccccc2)[C@H](O[C@@H]2O[C@H](CO)[C@@H](O[C@H]3O[C@@H](CNC(=O)OCc4ccccc4)[C@@H](O)[C@H](O)[C@H]3NC(=O)OCc3ccccc3)[C@H]2O)[C@H]1OCCNCCc1ccccc1)OCc1ccccc1. The van der Waals surface area contributed by atoms with E-state index < -0.39 is 185 Å². The van der Waals surface area contributed by atoms with Gasteiger partial charge >= 0.3 is 30.5 Å². The van der Waals surface area contributed by atoms with Gasteiger partial charge in [0.15, 0.2) is 25.2 Å². The standard InChI is InChI=1S/C84H99N7O26/c92-44-62-72(116-77-64(90-83(102)109-48-55-30-16-5-17-31-55)67(95)66(94)61(111-77)43-87-81(100)107-46-53-26-12-3-13-27-53)69(97)79(112-62)117-74-70(104-41-40-85-38-36-51-22-8-1-9-23-51)58(88-75(98)60(93)37-39-86-80(99)106-45-52-24-10-2-11-25-52)42-59(89-82(101)108-47-54-28-14-4-15-29-54)71(74)114-78-65(91-84(103)110-49-56-32-18-6-19-33-56)68(96)73-63(113-78)50-105-76(115-73)57-34-20-7-21-35-57/h1-35,58-74,76-79,85,92-97H,36-50H2,(H,86,99)(H,87,100)(H,88,98)(H,89,101)(H,90,102)(H,91,103)/t58-,59+,60+,61+,62-,63-,64-,65-,66-,67-,68-,69-,70+,71-,72-,73-,74-,76?,77-,78-,79+/m1/s1. The number of carbonyl (C=O) groups is 6. The summed E-state index contributed by atoms with van der Waals surface area (Å²) in [5.74, 6) is -1.01. The van der Waals surface area contributed by atoms with E-state index in [1.807, 2.05) is 30.3 Å². The fraction of sp³-hybridized carbons (Fsp3) is 0.429. The summed E-state index contributed by atoms with van der Waals surface area (Å²) in [7, 11) is 0. The molecule has 0 bridgehead atoms. The maximum Gasteiger partial charge on any atom is 0.407 e. The summed E-state index contributed by atoms with van der Waals surface area (Å²) >= 11 is 0. The Bertz CT molecular complexity index is 4190. The van der Waals surface area contributed by atoms with Crippen molar-refractivity contribution in [2.45, 2.75) is 181 Å². The molecule has 1 aliphatic carbocycles. The number of rotatable bonds is 35. The number of benzene rings is 7. The first kappa shape index (κ1) is 86.1. The lowest BCUT2D eigenvalue weighted by Crippen LogP contribution is -2.71. The number of fused-ring (bicyclic) bond motifs is 1. The van der Waals surface area contributed by atoms with Crippen LogP contribution in [0.2, 0.25) is 0 Å². The molecule has 4 aliphatic heterocycles. The fourth-order valence-electron chi connectivity index (χ4n) is 14.1. The van der Waals surface area contributed by atoms with E-state index in [0.717, 1.165) is 5.56 Å². The summed E-state index contributed by atoms with van der Waals surface area (Å²) in [4.78, 5) is 83.7. The van der Waals surface area contributed by atoms with Crippen LogP contribution in [0.1, 0.15) is 58.1 Å². The van der Waals surface area contributed by atoms with Crippen molar-refractivity contribution in [3.05, 3.63) is 251 Å². The van der Waals surface area contributed by atoms with Crippen LogP contribution in [-0.4, -0.2) is 235 Å². The minimum absolute atomic E-state index is 0.0716. The highest BCUT2D eigenvalue weighted by atomic mass is 16.8. The number of hydrogen-bond acceptors (Lipinski definition) is 27. The van der Waals surface area contributed by atoms with Gasteiger partial charge in [0.1, 0.15) is 124 Å². The molecule has 21 atom stereocenters. The lowest BCUT2D eigenvalue weighted by molar-refractivity contribution is -0.359. The first-order valence-electron chi connectivity index (χ1n) is 38.7. The van der Waals surface area contributed by atoms with Crippen LogP contribution in [0.25, 0.3) is 0 Å². The minimum Gasteiger partial charge on any atom is -0.445 e. The van der Waals surface area contributed by atoms with Crippen molar-refractivity contribution in [2.75, 3.05) is 46.0 Å². The summed E-state index contributed by atoms with van der Waals surface area (Å²) in [6.45, 7) is -2.57. The molecule has 12 rings (SSSR count).